The monoisotopic (exact) mass is 533 g/mol. The van der Waals surface area contributed by atoms with E-state index in [1.807, 2.05) is 6.92 Å². The highest BCUT2D eigenvalue weighted by atomic mass is 19.4. The first-order chi connectivity index (χ1) is 15.7. The number of amides is 1. The van der Waals surface area contributed by atoms with Crippen LogP contribution in [0.4, 0.5) is 52.7 Å². The number of halogens is 12. The van der Waals surface area contributed by atoms with Crippen molar-refractivity contribution in [1.82, 2.24) is 10.6 Å². The minimum Gasteiger partial charge on any atom is -0.494 e. The molecule has 1 aromatic carbocycles. The lowest BCUT2D eigenvalue weighted by Gasteiger charge is -2.39. The van der Waals surface area contributed by atoms with Crippen molar-refractivity contribution in [2.24, 2.45) is 4.99 Å². The second-order valence-corrected chi connectivity index (χ2v) is 7.22. The number of benzene rings is 1. The van der Waals surface area contributed by atoms with Gasteiger partial charge in [0.25, 0.3) is 11.4 Å². The van der Waals surface area contributed by atoms with Gasteiger partial charge in [0.05, 0.1) is 6.61 Å². The Morgan fingerprint density at radius 1 is 0.886 bits per heavy atom. The van der Waals surface area contributed by atoms with Gasteiger partial charge in [0.2, 0.25) is 0 Å². The molecule has 35 heavy (non-hydrogen) atoms. The van der Waals surface area contributed by atoms with Gasteiger partial charge in [-0.05, 0) is 30.7 Å². The summed E-state index contributed by atoms with van der Waals surface area (Å²) in [7, 11) is 0. The predicted octanol–water partition coefficient (Wildman–Crippen LogP) is 5.28. The maximum absolute atomic E-state index is 13.6. The van der Waals surface area contributed by atoms with Crippen molar-refractivity contribution in [3.05, 3.63) is 29.8 Å². The molecule has 1 aliphatic heterocycles. The zero-order chi connectivity index (χ0) is 27.1. The molecule has 0 saturated heterocycles. The van der Waals surface area contributed by atoms with E-state index in [0.717, 1.165) is 36.0 Å². The summed E-state index contributed by atoms with van der Waals surface area (Å²) in [4.78, 5) is 14.0. The molecule has 0 radical (unpaired) electrons. The Kier molecular flexibility index (Phi) is 7.38. The molecular formula is C18H15F12N3O2. The molecule has 0 unspecified atom stereocenters. The number of unbranched alkanes of at least 4 members (excludes halogenated alkanes) is 1. The number of nitrogens with one attached hydrogen (secondary N) is 2. The average molecular weight is 533 g/mol. The summed E-state index contributed by atoms with van der Waals surface area (Å²) in [6.45, 7) is 2.06. The Bertz CT molecular complexity index is 918. The third-order valence-electron chi connectivity index (χ3n) is 4.79. The lowest BCUT2D eigenvalue weighted by molar-refractivity contribution is -0.333. The van der Waals surface area contributed by atoms with Crippen LogP contribution in [0.5, 0.6) is 5.75 Å². The Hall–Kier alpha value is -2.72. The van der Waals surface area contributed by atoms with E-state index < -0.39 is 58.5 Å². The Morgan fingerprint density at radius 2 is 1.37 bits per heavy atom. The minimum atomic E-state index is -6.85. The third-order valence-corrected chi connectivity index (χ3v) is 4.79. The second-order valence-electron chi connectivity index (χ2n) is 7.22. The average Bonchev–Trinajstić information content (AvgIpc) is 3.06. The van der Waals surface area contributed by atoms with E-state index in [-0.39, 0.29) is 12.4 Å². The number of hydrogen-bond donors (Lipinski definition) is 2. The van der Waals surface area contributed by atoms with Crippen molar-refractivity contribution in [1.29, 1.82) is 0 Å². The predicted molar refractivity (Wildman–Crippen MR) is 94.6 cm³/mol. The van der Waals surface area contributed by atoms with Gasteiger partial charge in [0.1, 0.15) is 11.6 Å². The topological polar surface area (TPSA) is 62.7 Å². The van der Waals surface area contributed by atoms with Crippen LogP contribution >= 0.6 is 0 Å². The van der Waals surface area contributed by atoms with Crippen LogP contribution in [0.15, 0.2) is 29.3 Å². The zero-order valence-electron chi connectivity index (χ0n) is 17.2. The SMILES string of the molecule is CCCCOc1ccc(C(=O)NC2=NC(C(F)(F)F)(C(F)(F)F)NC2(C(F)(F)F)C(F)(F)F)cc1. The zero-order valence-corrected chi connectivity index (χ0v) is 17.2. The van der Waals surface area contributed by atoms with Crippen LogP contribution in [0.1, 0.15) is 30.1 Å². The molecule has 2 N–H and O–H groups in total. The fourth-order valence-corrected chi connectivity index (χ4v) is 2.95. The molecule has 2 rings (SSSR count). The highest BCUT2D eigenvalue weighted by Gasteiger charge is 2.86. The lowest BCUT2D eigenvalue weighted by atomic mass is 9.95. The molecule has 1 heterocycles. The van der Waals surface area contributed by atoms with E-state index >= 15 is 0 Å². The number of carbonyl (C=O) groups is 1. The fraction of sp³-hybridized carbons (Fsp3) is 0.556. The van der Waals surface area contributed by atoms with Crippen LogP contribution in [0, 0.1) is 0 Å². The number of ether oxygens (including phenoxy) is 1. The molecule has 1 aliphatic rings. The Labute approximate surface area is 188 Å². The summed E-state index contributed by atoms with van der Waals surface area (Å²) in [5.41, 5.74) is -12.7. The molecule has 5 nitrogen and oxygen atoms in total. The minimum absolute atomic E-state index is 0.128. The third kappa shape index (κ3) is 4.99. The molecule has 0 saturated carbocycles. The molecule has 1 aromatic rings. The van der Waals surface area contributed by atoms with Crippen LogP contribution in [-0.4, -0.2) is 54.3 Å². The summed E-state index contributed by atoms with van der Waals surface area (Å²) < 4.78 is 166. The Morgan fingerprint density at radius 3 is 1.77 bits per heavy atom. The first-order valence-electron chi connectivity index (χ1n) is 9.44. The van der Waals surface area contributed by atoms with Crippen molar-refractivity contribution in [3.63, 3.8) is 0 Å². The summed E-state index contributed by atoms with van der Waals surface area (Å²) in [5, 5.41) is 0.422. The lowest BCUT2D eigenvalue weighted by Crippen LogP contribution is -2.77. The molecule has 0 atom stereocenters. The van der Waals surface area contributed by atoms with Crippen molar-refractivity contribution in [2.75, 3.05) is 6.61 Å². The number of nitrogens with zero attached hydrogens (tertiary/aromatic N) is 1. The highest BCUT2D eigenvalue weighted by molar-refractivity contribution is 6.11. The molecule has 0 aromatic heterocycles. The van der Waals surface area contributed by atoms with Gasteiger partial charge in [-0.2, -0.15) is 52.7 Å². The van der Waals surface area contributed by atoms with E-state index in [9.17, 15) is 57.5 Å². The van der Waals surface area contributed by atoms with Gasteiger partial charge in [-0.15, -0.1) is 0 Å². The number of carbonyl (C=O) groups excluding carboxylic acids is 1. The maximum atomic E-state index is 13.6. The van der Waals surface area contributed by atoms with E-state index in [1.165, 1.54) is 0 Å². The molecule has 0 bridgehead atoms. The summed E-state index contributed by atoms with van der Waals surface area (Å²) in [6, 6.07) is 3.78. The summed E-state index contributed by atoms with van der Waals surface area (Å²) in [5.74, 6) is -4.73. The number of rotatable bonds is 5. The van der Waals surface area contributed by atoms with Gasteiger partial charge in [-0.1, -0.05) is 13.3 Å². The van der Waals surface area contributed by atoms with E-state index in [4.69, 9.17) is 4.74 Å². The molecular weight excluding hydrogens is 518 g/mol. The van der Waals surface area contributed by atoms with Crippen molar-refractivity contribution in [2.45, 2.75) is 55.7 Å². The molecule has 0 aliphatic carbocycles. The summed E-state index contributed by atoms with van der Waals surface area (Å²) >= 11 is 0. The number of aliphatic imine (C=N–C) groups is 1. The van der Waals surface area contributed by atoms with Gasteiger partial charge < -0.3 is 10.1 Å². The molecule has 198 valence electrons. The van der Waals surface area contributed by atoms with E-state index in [1.54, 1.807) is 4.99 Å². The molecule has 0 fully saturated rings. The molecule has 1 amide bonds. The van der Waals surface area contributed by atoms with Crippen molar-refractivity contribution >= 4 is 11.7 Å². The smallest absolute Gasteiger partial charge is 0.436 e. The van der Waals surface area contributed by atoms with Crippen LogP contribution in [0.3, 0.4) is 0 Å². The standard InChI is InChI=1S/C18H15F12N3O2/c1-2-3-8-35-10-6-4-9(5-7-10)11(34)31-12-13(15(19,20)21,16(22,23)24)33-14(32-12,17(25,26)27)18(28,29)30/h4-7,33H,2-3,8H2,1H3,(H,31,32,34). The van der Waals surface area contributed by atoms with Gasteiger partial charge in [-0.25, -0.2) is 10.3 Å². The number of alkyl halides is 12. The van der Waals surface area contributed by atoms with Crippen molar-refractivity contribution < 1.29 is 62.2 Å². The Balaban J connectivity index is 2.59. The van der Waals surface area contributed by atoms with Gasteiger partial charge in [0.15, 0.2) is 0 Å². The van der Waals surface area contributed by atoms with Gasteiger partial charge >= 0.3 is 30.4 Å². The fourth-order valence-electron chi connectivity index (χ4n) is 2.95. The van der Waals surface area contributed by atoms with Crippen LogP contribution in [0.2, 0.25) is 0 Å². The van der Waals surface area contributed by atoms with Crippen LogP contribution < -0.4 is 15.4 Å². The summed E-state index contributed by atoms with van der Waals surface area (Å²) in [6.07, 6.45) is -26.0. The molecule has 17 heteroatoms. The number of amidine groups is 1. The normalized spacial score (nSPS) is 18.3. The van der Waals surface area contributed by atoms with Crippen LogP contribution in [-0.2, 0) is 0 Å². The maximum Gasteiger partial charge on any atom is 0.436 e. The molecule has 0 spiro atoms. The van der Waals surface area contributed by atoms with Gasteiger partial charge in [-0.3, -0.25) is 4.79 Å². The first-order valence-corrected chi connectivity index (χ1v) is 9.44. The number of hydrogen-bond acceptors (Lipinski definition) is 4. The van der Waals surface area contributed by atoms with E-state index in [2.05, 4.69) is 0 Å². The van der Waals surface area contributed by atoms with Gasteiger partial charge in [0, 0.05) is 5.56 Å². The second kappa shape index (κ2) is 9.05. The van der Waals surface area contributed by atoms with Crippen LogP contribution in [0.25, 0.3) is 0 Å². The quantitative estimate of drug-likeness (QED) is 0.400. The largest absolute Gasteiger partial charge is 0.494 e. The first kappa shape index (κ1) is 28.5. The van der Waals surface area contributed by atoms with Crippen molar-refractivity contribution in [3.8, 4) is 5.75 Å². The highest BCUT2D eigenvalue weighted by Crippen LogP contribution is 2.55. The van der Waals surface area contributed by atoms with E-state index in [0.29, 0.717) is 6.42 Å².